The highest BCUT2D eigenvalue weighted by atomic mass is 19.2. The minimum absolute atomic E-state index is 0.433. The molecule has 0 radical (unpaired) electrons. The molecule has 0 spiro atoms. The van der Waals surface area contributed by atoms with Crippen LogP contribution in [0.3, 0.4) is 0 Å². The normalized spacial score (nSPS) is 17.5. The minimum Gasteiger partial charge on any atom is -0.496 e. The van der Waals surface area contributed by atoms with Gasteiger partial charge < -0.3 is 22.3 Å². The summed E-state index contributed by atoms with van der Waals surface area (Å²) in [6.07, 6.45) is 1.29. The average molecular weight is 428 g/mol. The lowest BCUT2D eigenvalue weighted by molar-refractivity contribution is -0.363. The summed E-state index contributed by atoms with van der Waals surface area (Å²) < 4.78 is 54.7. The highest BCUT2D eigenvalue weighted by Crippen LogP contribution is 2.48. The van der Waals surface area contributed by atoms with Crippen molar-refractivity contribution >= 4 is 18.3 Å². The van der Waals surface area contributed by atoms with Crippen molar-refractivity contribution in [2.24, 2.45) is 0 Å². The first-order chi connectivity index (χ1) is 14.6. The van der Waals surface area contributed by atoms with Crippen molar-refractivity contribution in [2.75, 3.05) is 7.11 Å². The van der Waals surface area contributed by atoms with Crippen molar-refractivity contribution in [3.8, 4) is 5.75 Å². The average Bonchev–Trinajstić information content (AvgIpc) is 3.13. The van der Waals surface area contributed by atoms with Crippen LogP contribution in [-0.2, 0) is 6.42 Å². The number of rotatable bonds is 4. The second-order valence-corrected chi connectivity index (χ2v) is 8.33. The molecule has 3 heterocycles. The van der Waals surface area contributed by atoms with Gasteiger partial charge >= 0.3 is 6.97 Å². The number of allylic oxidation sites excluding steroid dienone is 2. The fourth-order valence-electron chi connectivity index (χ4n) is 5.61. The molecule has 4 rings (SSSR count). The second-order valence-electron chi connectivity index (χ2n) is 8.33. The Balaban J connectivity index is 2.27. The molecule has 0 aliphatic carbocycles. The van der Waals surface area contributed by atoms with E-state index in [9.17, 15) is 4.39 Å². The third-order valence-corrected chi connectivity index (χ3v) is 6.93. The van der Waals surface area contributed by atoms with Gasteiger partial charge in [-0.1, -0.05) is 13.8 Å². The summed E-state index contributed by atoms with van der Waals surface area (Å²) in [7, 11) is 1.52. The number of hydrogen-bond acceptors (Lipinski definition) is 1. The fourth-order valence-corrected chi connectivity index (χ4v) is 5.61. The maximum absolute atomic E-state index is 16.2. The van der Waals surface area contributed by atoms with Crippen LogP contribution in [0.5, 0.6) is 5.75 Å². The van der Waals surface area contributed by atoms with Crippen molar-refractivity contribution in [3.05, 3.63) is 68.9 Å². The molecule has 0 N–H and O–H groups in total. The van der Waals surface area contributed by atoms with E-state index in [-0.39, 0.29) is 0 Å². The third-order valence-electron chi connectivity index (χ3n) is 6.93. The number of halogens is 3. The van der Waals surface area contributed by atoms with Gasteiger partial charge in [0.25, 0.3) is 0 Å². The highest BCUT2D eigenvalue weighted by Gasteiger charge is 2.57. The van der Waals surface area contributed by atoms with E-state index in [1.807, 2.05) is 27.7 Å². The van der Waals surface area contributed by atoms with Gasteiger partial charge in [0.15, 0.2) is 5.70 Å². The largest absolute Gasteiger partial charge is 0.737 e. The van der Waals surface area contributed by atoms with E-state index in [1.54, 1.807) is 19.9 Å². The number of nitrogens with zero attached hydrogens (tertiary/aromatic N) is 2. The lowest BCUT2D eigenvalue weighted by Gasteiger charge is -2.34. The number of fused-ring (bicyclic) bond motifs is 2. The molecule has 0 bridgehead atoms. The Labute approximate surface area is 181 Å². The number of hydrogen-bond donors (Lipinski definition) is 0. The Bertz CT molecular complexity index is 1220. The first-order valence-corrected chi connectivity index (χ1v) is 10.8. The number of aromatic nitrogens is 1. The van der Waals surface area contributed by atoms with Crippen LogP contribution in [-0.4, -0.2) is 28.8 Å². The van der Waals surface area contributed by atoms with E-state index in [1.165, 1.54) is 28.2 Å². The molecule has 7 heteroatoms. The van der Waals surface area contributed by atoms with E-state index in [4.69, 9.17) is 4.74 Å². The van der Waals surface area contributed by atoms with Gasteiger partial charge in [0.2, 0.25) is 0 Å². The highest BCUT2D eigenvalue weighted by molar-refractivity contribution is 6.58. The minimum atomic E-state index is -4.10. The molecule has 2 aromatic rings. The van der Waals surface area contributed by atoms with Crippen LogP contribution in [0.1, 0.15) is 62.2 Å². The van der Waals surface area contributed by atoms with Crippen LogP contribution in [0, 0.1) is 19.7 Å². The third kappa shape index (κ3) is 2.71. The van der Waals surface area contributed by atoms with E-state index in [0.29, 0.717) is 52.5 Å². The van der Waals surface area contributed by atoms with Crippen molar-refractivity contribution < 1.29 is 22.2 Å². The van der Waals surface area contributed by atoms with Gasteiger partial charge in [0.05, 0.1) is 12.7 Å². The summed E-state index contributed by atoms with van der Waals surface area (Å²) in [4.78, 5) is 0. The Kier molecular flexibility index (Phi) is 4.99. The molecule has 1 aromatic carbocycles. The van der Waals surface area contributed by atoms with E-state index in [2.05, 4.69) is 0 Å². The zero-order chi connectivity index (χ0) is 22.8. The fraction of sp³-hybridized carbons (Fsp3) is 0.375. The monoisotopic (exact) mass is 428 g/mol. The van der Waals surface area contributed by atoms with Crippen LogP contribution >= 0.6 is 0 Å². The summed E-state index contributed by atoms with van der Waals surface area (Å²) in [5, 5.41) is 0. The van der Waals surface area contributed by atoms with Gasteiger partial charge in [-0.05, 0) is 68.6 Å². The van der Waals surface area contributed by atoms with Gasteiger partial charge in [-0.3, -0.25) is 0 Å². The van der Waals surface area contributed by atoms with Crippen LogP contribution in [0.4, 0.5) is 13.0 Å². The summed E-state index contributed by atoms with van der Waals surface area (Å²) in [6.45, 7) is 7.12. The van der Waals surface area contributed by atoms with E-state index >= 15 is 8.63 Å². The SMILES string of the molecule is CCC1=C(C)C2=C(c3cc(F)ccc3OC)c3c(C)c(CC)c(C)n3[B-](F)(F)[N+]2=C1C. The van der Waals surface area contributed by atoms with Gasteiger partial charge in [0, 0.05) is 29.3 Å². The summed E-state index contributed by atoms with van der Waals surface area (Å²) in [5.74, 6) is 0.0253. The van der Waals surface area contributed by atoms with Crippen molar-refractivity contribution in [1.29, 1.82) is 0 Å². The zero-order valence-electron chi connectivity index (χ0n) is 19.2. The summed E-state index contributed by atoms with van der Waals surface area (Å²) in [6, 6.07) is 4.27. The number of methoxy groups -OCH3 is 1. The Morgan fingerprint density at radius 1 is 1.06 bits per heavy atom. The molecule has 0 saturated carbocycles. The number of ether oxygens (including phenoxy) is 1. The molecular formula is C24H28BF3N2O. The molecule has 3 nitrogen and oxygen atoms in total. The maximum Gasteiger partial charge on any atom is 0.737 e. The topological polar surface area (TPSA) is 17.2 Å². The quantitative estimate of drug-likeness (QED) is 0.544. The van der Waals surface area contributed by atoms with Gasteiger partial charge in [-0.25, -0.2) is 4.39 Å². The molecule has 31 heavy (non-hydrogen) atoms. The van der Waals surface area contributed by atoms with Crippen LogP contribution < -0.4 is 4.74 Å². The van der Waals surface area contributed by atoms with E-state index < -0.39 is 12.8 Å². The van der Waals surface area contributed by atoms with E-state index in [0.717, 1.165) is 22.3 Å². The molecule has 164 valence electrons. The van der Waals surface area contributed by atoms with Crippen LogP contribution in [0.15, 0.2) is 35.0 Å². The summed E-state index contributed by atoms with van der Waals surface area (Å²) >= 11 is 0. The molecule has 2 aliphatic heterocycles. The molecule has 1 aromatic heterocycles. The molecule has 0 atom stereocenters. The summed E-state index contributed by atoms with van der Waals surface area (Å²) in [5.41, 5.74) is 6.55. The van der Waals surface area contributed by atoms with Crippen LogP contribution in [0.2, 0.25) is 0 Å². The predicted molar refractivity (Wildman–Crippen MR) is 120 cm³/mol. The van der Waals surface area contributed by atoms with Crippen molar-refractivity contribution in [2.45, 2.75) is 54.4 Å². The molecule has 0 saturated heterocycles. The van der Waals surface area contributed by atoms with Crippen molar-refractivity contribution in [1.82, 2.24) is 4.48 Å². The molecule has 0 fully saturated rings. The standard InChI is InChI=1S/C24H28BF3N2O/c1-8-18-13(3)23-22(20-12-17(26)10-11-21(20)31-7)24-14(4)19(9-2)16(6)30(24)25(27,28)29(23)15(18)5/h10-12H,8-9H2,1-7H3. The second kappa shape index (κ2) is 7.18. The molecule has 0 amide bonds. The molecular weight excluding hydrogens is 400 g/mol. The Morgan fingerprint density at radius 3 is 2.32 bits per heavy atom. The molecule has 2 aliphatic rings. The van der Waals surface area contributed by atoms with Gasteiger partial charge in [0.1, 0.15) is 17.3 Å². The Morgan fingerprint density at radius 2 is 1.74 bits per heavy atom. The Hall–Kier alpha value is -2.70. The lowest BCUT2D eigenvalue weighted by Crippen LogP contribution is -2.51. The zero-order valence-corrected chi connectivity index (χ0v) is 19.2. The number of benzene rings is 1. The lowest BCUT2D eigenvalue weighted by atomic mass is 9.83. The maximum atomic E-state index is 16.2. The van der Waals surface area contributed by atoms with Gasteiger partial charge in [-0.15, -0.1) is 0 Å². The van der Waals surface area contributed by atoms with Gasteiger partial charge in [-0.2, -0.15) is 0 Å². The smallest absolute Gasteiger partial charge is 0.496 e. The van der Waals surface area contributed by atoms with Crippen molar-refractivity contribution in [3.63, 3.8) is 0 Å². The predicted octanol–water partition coefficient (Wildman–Crippen LogP) is 6.02. The first kappa shape index (κ1) is 21.5. The molecule has 0 unspecified atom stereocenters. The van der Waals surface area contributed by atoms with Crippen LogP contribution in [0.25, 0.3) is 5.57 Å². The first-order valence-electron chi connectivity index (χ1n) is 10.8.